The van der Waals surface area contributed by atoms with E-state index in [4.69, 9.17) is 16.7 Å². The van der Waals surface area contributed by atoms with Crippen LogP contribution in [0.1, 0.15) is 22.4 Å². The summed E-state index contributed by atoms with van der Waals surface area (Å²) in [5.41, 5.74) is 5.08. The van der Waals surface area contributed by atoms with Gasteiger partial charge in [0.1, 0.15) is 0 Å². The van der Waals surface area contributed by atoms with Crippen LogP contribution in [0.5, 0.6) is 0 Å². The molecule has 1 amide bonds. The highest BCUT2D eigenvalue weighted by atomic mass is 35.5. The van der Waals surface area contributed by atoms with Gasteiger partial charge in [-0.2, -0.15) is 0 Å². The lowest BCUT2D eigenvalue weighted by molar-refractivity contribution is -0.110. The number of aliphatic hydroxyl groups excluding tert-OH is 1. The monoisotopic (exact) mass is 302 g/mol. The number of nitrogens with one attached hydrogen (secondary N) is 2. The van der Waals surface area contributed by atoms with Gasteiger partial charge < -0.3 is 15.4 Å². The maximum atomic E-state index is 12.1. The first kappa shape index (κ1) is 13.9. The molecular formula is C16H15ClN2O2. The third-order valence-corrected chi connectivity index (χ3v) is 3.90. The number of amides is 1. The molecule has 0 bridgehead atoms. The second kappa shape index (κ2) is 5.39. The number of benzene rings is 1. The lowest BCUT2D eigenvalue weighted by Crippen LogP contribution is -2.04. The van der Waals surface area contributed by atoms with Gasteiger partial charge in [0.05, 0.1) is 5.57 Å². The normalized spacial score (nSPS) is 15.4. The highest BCUT2D eigenvalue weighted by Crippen LogP contribution is 2.35. The van der Waals surface area contributed by atoms with Crippen LogP contribution in [0.25, 0.3) is 11.6 Å². The average molecular weight is 303 g/mol. The molecule has 0 saturated carbocycles. The summed E-state index contributed by atoms with van der Waals surface area (Å²) in [6, 6.07) is 5.33. The summed E-state index contributed by atoms with van der Waals surface area (Å²) in [6.07, 6.45) is 4.25. The summed E-state index contributed by atoms with van der Waals surface area (Å²) >= 11 is 6.02. The van der Waals surface area contributed by atoms with Crippen LogP contribution >= 0.6 is 11.6 Å². The molecule has 2 aromatic rings. The molecule has 0 spiro atoms. The summed E-state index contributed by atoms with van der Waals surface area (Å²) in [4.78, 5) is 15.3. The number of aryl methyl sites for hydroxylation is 1. The van der Waals surface area contributed by atoms with Crippen LogP contribution in [-0.4, -0.2) is 22.6 Å². The molecule has 1 aromatic heterocycles. The van der Waals surface area contributed by atoms with E-state index in [1.54, 1.807) is 18.2 Å². The Morgan fingerprint density at radius 1 is 1.38 bits per heavy atom. The van der Waals surface area contributed by atoms with Crippen LogP contribution in [0.3, 0.4) is 0 Å². The fraction of sp³-hybridized carbons (Fsp3) is 0.188. The van der Waals surface area contributed by atoms with E-state index in [1.165, 1.54) is 0 Å². The number of rotatable bonds is 3. The minimum Gasteiger partial charge on any atom is -0.396 e. The second-order valence-electron chi connectivity index (χ2n) is 5.04. The van der Waals surface area contributed by atoms with E-state index in [0.29, 0.717) is 17.0 Å². The molecule has 21 heavy (non-hydrogen) atoms. The van der Waals surface area contributed by atoms with Crippen molar-refractivity contribution in [3.05, 3.63) is 51.8 Å². The van der Waals surface area contributed by atoms with Crippen molar-refractivity contribution < 1.29 is 9.90 Å². The minimum atomic E-state index is -0.144. The number of H-pyrrole nitrogens is 1. The molecule has 2 heterocycles. The van der Waals surface area contributed by atoms with Gasteiger partial charge in [-0.15, -0.1) is 0 Å². The van der Waals surface area contributed by atoms with Gasteiger partial charge in [0.25, 0.3) is 5.91 Å². The number of fused-ring (bicyclic) bond motifs is 1. The van der Waals surface area contributed by atoms with Crippen LogP contribution in [0.2, 0.25) is 5.02 Å². The first-order chi connectivity index (χ1) is 10.1. The average Bonchev–Trinajstić information content (AvgIpc) is 2.94. The molecule has 3 rings (SSSR count). The number of hydrogen-bond acceptors (Lipinski definition) is 2. The van der Waals surface area contributed by atoms with Crippen molar-refractivity contribution in [1.82, 2.24) is 4.98 Å². The number of hydrogen-bond donors (Lipinski definition) is 3. The Balaban J connectivity index is 2.09. The molecule has 1 aromatic carbocycles. The zero-order chi connectivity index (χ0) is 15.0. The van der Waals surface area contributed by atoms with Gasteiger partial charge in [-0.1, -0.05) is 11.6 Å². The summed E-state index contributed by atoms with van der Waals surface area (Å²) in [6.45, 7) is 2.05. The largest absolute Gasteiger partial charge is 0.396 e. The van der Waals surface area contributed by atoms with Gasteiger partial charge in [0.15, 0.2) is 0 Å². The predicted octanol–water partition coefficient (Wildman–Crippen LogP) is 3.00. The molecule has 0 unspecified atom stereocenters. The van der Waals surface area contributed by atoms with E-state index >= 15 is 0 Å². The number of aromatic nitrogens is 1. The molecule has 1 aliphatic rings. The highest BCUT2D eigenvalue weighted by molar-refractivity contribution is 6.36. The number of aromatic amines is 1. The van der Waals surface area contributed by atoms with E-state index in [0.717, 1.165) is 28.1 Å². The summed E-state index contributed by atoms with van der Waals surface area (Å²) in [7, 11) is 0. The second-order valence-corrected chi connectivity index (χ2v) is 5.48. The molecule has 0 fully saturated rings. The molecule has 4 nitrogen and oxygen atoms in total. The topological polar surface area (TPSA) is 65.1 Å². The molecule has 108 valence electrons. The van der Waals surface area contributed by atoms with Crippen LogP contribution in [0.15, 0.2) is 24.4 Å². The lowest BCUT2D eigenvalue weighted by atomic mass is 10.0. The molecule has 0 atom stereocenters. The van der Waals surface area contributed by atoms with Crippen molar-refractivity contribution in [2.24, 2.45) is 0 Å². The highest BCUT2D eigenvalue weighted by Gasteiger charge is 2.24. The van der Waals surface area contributed by atoms with Gasteiger partial charge in [0, 0.05) is 34.8 Å². The molecular weight excluding hydrogens is 288 g/mol. The van der Waals surface area contributed by atoms with Gasteiger partial charge in [-0.3, -0.25) is 4.79 Å². The maximum absolute atomic E-state index is 12.1. The molecule has 0 saturated heterocycles. The predicted molar refractivity (Wildman–Crippen MR) is 84.3 cm³/mol. The molecule has 0 radical (unpaired) electrons. The summed E-state index contributed by atoms with van der Waals surface area (Å²) in [5.74, 6) is -0.144. The Kier molecular flexibility index (Phi) is 3.57. The zero-order valence-corrected chi connectivity index (χ0v) is 12.3. The number of carbonyl (C=O) groups excluding carboxylic acids is 1. The standard InChI is InChI=1S/C16H15ClN2O2/c1-9-8-18-15(11(9)4-5-20)7-13-12-6-10(17)2-3-14(12)19-16(13)21/h2-3,6-8,18,20H,4-5H2,1H3,(H,19,21)/b13-7-. The SMILES string of the molecule is Cc1c[nH]c(/C=C2\C(=O)Nc3ccc(Cl)cc32)c1CCO. The number of carbonyl (C=O) groups is 1. The third-order valence-electron chi connectivity index (χ3n) is 3.66. The number of anilines is 1. The maximum Gasteiger partial charge on any atom is 0.256 e. The summed E-state index contributed by atoms with van der Waals surface area (Å²) in [5, 5.41) is 12.6. The van der Waals surface area contributed by atoms with Crippen molar-refractivity contribution in [2.75, 3.05) is 11.9 Å². The molecule has 1 aliphatic heterocycles. The van der Waals surface area contributed by atoms with Crippen LogP contribution in [0, 0.1) is 6.92 Å². The van der Waals surface area contributed by atoms with E-state index in [2.05, 4.69) is 10.3 Å². The zero-order valence-electron chi connectivity index (χ0n) is 11.5. The van der Waals surface area contributed by atoms with Gasteiger partial charge in [0.2, 0.25) is 0 Å². The van der Waals surface area contributed by atoms with Crippen molar-refractivity contribution in [3.63, 3.8) is 0 Å². The Morgan fingerprint density at radius 2 is 2.19 bits per heavy atom. The fourth-order valence-electron chi connectivity index (χ4n) is 2.59. The van der Waals surface area contributed by atoms with Crippen LogP contribution in [-0.2, 0) is 11.2 Å². The fourth-order valence-corrected chi connectivity index (χ4v) is 2.77. The molecule has 0 aliphatic carbocycles. The third kappa shape index (κ3) is 2.48. The number of halogens is 1. The molecule has 3 N–H and O–H groups in total. The van der Waals surface area contributed by atoms with Crippen molar-refractivity contribution in [1.29, 1.82) is 0 Å². The van der Waals surface area contributed by atoms with Crippen molar-refractivity contribution >= 4 is 34.8 Å². The minimum absolute atomic E-state index is 0.0729. The van der Waals surface area contributed by atoms with E-state index < -0.39 is 0 Å². The lowest BCUT2D eigenvalue weighted by Gasteiger charge is -2.02. The van der Waals surface area contributed by atoms with Crippen molar-refractivity contribution in [2.45, 2.75) is 13.3 Å². The Morgan fingerprint density at radius 3 is 2.95 bits per heavy atom. The first-order valence-corrected chi connectivity index (χ1v) is 7.08. The first-order valence-electron chi connectivity index (χ1n) is 6.71. The Labute approximate surface area is 127 Å². The quantitative estimate of drug-likeness (QED) is 0.763. The van der Waals surface area contributed by atoms with Crippen LogP contribution < -0.4 is 5.32 Å². The Hall–Kier alpha value is -2.04. The van der Waals surface area contributed by atoms with Gasteiger partial charge in [-0.25, -0.2) is 0 Å². The van der Waals surface area contributed by atoms with E-state index in [9.17, 15) is 4.79 Å². The summed E-state index contributed by atoms with van der Waals surface area (Å²) < 4.78 is 0. The van der Waals surface area contributed by atoms with Crippen molar-refractivity contribution in [3.8, 4) is 0 Å². The Bertz CT molecular complexity index is 747. The smallest absolute Gasteiger partial charge is 0.256 e. The molecule has 5 heteroatoms. The van der Waals surface area contributed by atoms with Gasteiger partial charge >= 0.3 is 0 Å². The van der Waals surface area contributed by atoms with Gasteiger partial charge in [-0.05, 0) is 48.7 Å². The van der Waals surface area contributed by atoms with E-state index in [-0.39, 0.29) is 12.5 Å². The van der Waals surface area contributed by atoms with Crippen LogP contribution in [0.4, 0.5) is 5.69 Å². The number of aliphatic hydroxyl groups is 1. The van der Waals surface area contributed by atoms with E-state index in [1.807, 2.05) is 19.2 Å².